The second-order valence-electron chi connectivity index (χ2n) is 5.22. The minimum Gasteiger partial charge on any atom is -0.383 e. The summed E-state index contributed by atoms with van der Waals surface area (Å²) in [4.78, 5) is 3.42. The number of methoxy groups -OCH3 is 1. The summed E-state index contributed by atoms with van der Waals surface area (Å²) in [5.74, 6) is 0. The molecule has 1 N–H and O–H groups in total. The Kier molecular flexibility index (Phi) is 6.84. The zero-order valence-corrected chi connectivity index (χ0v) is 15.9. The molecule has 0 aliphatic rings. The van der Waals surface area contributed by atoms with Gasteiger partial charge in [-0.1, -0.05) is 23.7 Å². The number of hydrogen-bond acceptors (Lipinski definition) is 3. The summed E-state index contributed by atoms with van der Waals surface area (Å²) in [6, 6.07) is 10.2. The highest BCUT2D eigenvalue weighted by molar-refractivity contribution is 7.80. The van der Waals surface area contributed by atoms with Gasteiger partial charge in [0.25, 0.3) is 0 Å². The highest BCUT2D eigenvalue weighted by Crippen LogP contribution is 2.27. The van der Waals surface area contributed by atoms with Crippen LogP contribution in [0.2, 0.25) is 5.02 Å². The molecule has 0 amide bonds. The van der Waals surface area contributed by atoms with Crippen molar-refractivity contribution in [2.45, 2.75) is 19.9 Å². The highest BCUT2D eigenvalue weighted by atomic mass is 35.5. The van der Waals surface area contributed by atoms with Gasteiger partial charge in [-0.15, -0.1) is 11.3 Å². The number of halogens is 1. The van der Waals surface area contributed by atoms with Crippen LogP contribution in [0.25, 0.3) is 0 Å². The molecule has 0 radical (unpaired) electrons. The van der Waals surface area contributed by atoms with Crippen molar-refractivity contribution in [3.8, 4) is 0 Å². The molecule has 0 saturated heterocycles. The Bertz CT molecular complexity index is 646. The van der Waals surface area contributed by atoms with E-state index < -0.39 is 0 Å². The number of rotatable bonds is 6. The van der Waals surface area contributed by atoms with Crippen LogP contribution in [0.1, 0.15) is 23.4 Å². The predicted octanol–water partition coefficient (Wildman–Crippen LogP) is 5.12. The molecule has 1 aromatic carbocycles. The summed E-state index contributed by atoms with van der Waals surface area (Å²) < 4.78 is 5.24. The largest absolute Gasteiger partial charge is 0.383 e. The van der Waals surface area contributed by atoms with E-state index >= 15 is 0 Å². The van der Waals surface area contributed by atoms with Gasteiger partial charge in [0.2, 0.25) is 0 Å². The average molecular weight is 369 g/mol. The van der Waals surface area contributed by atoms with Gasteiger partial charge >= 0.3 is 0 Å². The summed E-state index contributed by atoms with van der Waals surface area (Å²) in [5, 5.41) is 6.81. The fourth-order valence-corrected chi connectivity index (χ4v) is 3.60. The van der Waals surface area contributed by atoms with E-state index in [1.165, 1.54) is 4.88 Å². The zero-order chi connectivity index (χ0) is 16.8. The second kappa shape index (κ2) is 8.64. The lowest BCUT2D eigenvalue weighted by Crippen LogP contribution is -2.39. The Morgan fingerprint density at radius 2 is 2.17 bits per heavy atom. The Morgan fingerprint density at radius 3 is 2.83 bits per heavy atom. The molecule has 2 rings (SSSR count). The number of thiocarbonyl (C=S) groups is 1. The van der Waals surface area contributed by atoms with Crippen LogP contribution in [-0.2, 0) is 4.74 Å². The lowest BCUT2D eigenvalue weighted by Gasteiger charge is -2.31. The zero-order valence-electron chi connectivity index (χ0n) is 13.5. The van der Waals surface area contributed by atoms with Crippen molar-refractivity contribution >= 4 is 46.0 Å². The monoisotopic (exact) mass is 368 g/mol. The SMILES string of the molecule is COCCN(C(=S)Nc1cccc(Cl)c1C)C(C)c1cccs1. The summed E-state index contributed by atoms with van der Waals surface area (Å²) in [5.41, 5.74) is 1.93. The van der Waals surface area contributed by atoms with Gasteiger partial charge < -0.3 is 15.0 Å². The number of anilines is 1. The molecule has 0 spiro atoms. The smallest absolute Gasteiger partial charge is 0.174 e. The van der Waals surface area contributed by atoms with Crippen LogP contribution in [0.4, 0.5) is 5.69 Å². The van der Waals surface area contributed by atoms with Crippen LogP contribution < -0.4 is 5.32 Å². The Balaban J connectivity index is 2.17. The molecule has 3 nitrogen and oxygen atoms in total. The maximum atomic E-state index is 6.19. The molecule has 0 bridgehead atoms. The summed E-state index contributed by atoms with van der Waals surface area (Å²) >= 11 is 13.6. The van der Waals surface area contributed by atoms with Crippen LogP contribution >= 0.6 is 35.2 Å². The molecule has 0 aliphatic heterocycles. The molecule has 1 aromatic heterocycles. The molecule has 1 unspecified atom stereocenters. The molecule has 0 aliphatic carbocycles. The topological polar surface area (TPSA) is 24.5 Å². The molecule has 124 valence electrons. The first kappa shape index (κ1) is 18.2. The molecule has 1 heterocycles. The Labute approximate surface area is 152 Å². The van der Waals surface area contributed by atoms with Crippen molar-refractivity contribution in [2.24, 2.45) is 0 Å². The number of thiophene rings is 1. The van der Waals surface area contributed by atoms with E-state index in [-0.39, 0.29) is 6.04 Å². The van der Waals surface area contributed by atoms with Crippen molar-refractivity contribution in [3.05, 3.63) is 51.2 Å². The van der Waals surface area contributed by atoms with E-state index in [0.717, 1.165) is 22.8 Å². The number of nitrogens with zero attached hydrogens (tertiary/aromatic N) is 1. The molecule has 23 heavy (non-hydrogen) atoms. The van der Waals surface area contributed by atoms with E-state index in [2.05, 4.69) is 34.7 Å². The first-order chi connectivity index (χ1) is 11.0. The lowest BCUT2D eigenvalue weighted by molar-refractivity contribution is 0.166. The Hall–Kier alpha value is -1.14. The van der Waals surface area contributed by atoms with Gasteiger partial charge in [0, 0.05) is 29.2 Å². The fourth-order valence-electron chi connectivity index (χ4n) is 2.27. The molecule has 0 fully saturated rings. The van der Waals surface area contributed by atoms with E-state index in [0.29, 0.717) is 11.7 Å². The maximum Gasteiger partial charge on any atom is 0.174 e. The number of ether oxygens (including phenoxy) is 1. The van der Waals surface area contributed by atoms with Gasteiger partial charge in [-0.3, -0.25) is 0 Å². The van der Waals surface area contributed by atoms with Gasteiger partial charge in [0.05, 0.1) is 12.6 Å². The number of benzene rings is 1. The molecule has 6 heteroatoms. The average Bonchev–Trinajstić information content (AvgIpc) is 3.06. The van der Waals surface area contributed by atoms with Gasteiger partial charge in [-0.25, -0.2) is 0 Å². The van der Waals surface area contributed by atoms with Crippen molar-refractivity contribution in [1.82, 2.24) is 4.90 Å². The summed E-state index contributed by atoms with van der Waals surface area (Å²) in [6.07, 6.45) is 0. The fraction of sp³-hybridized carbons (Fsp3) is 0.353. The third-order valence-electron chi connectivity index (χ3n) is 3.73. The van der Waals surface area contributed by atoms with E-state index in [9.17, 15) is 0 Å². The van der Waals surface area contributed by atoms with Crippen LogP contribution in [0.3, 0.4) is 0 Å². The van der Waals surface area contributed by atoms with Crippen LogP contribution in [0.5, 0.6) is 0 Å². The normalized spacial score (nSPS) is 12.0. The van der Waals surface area contributed by atoms with Gasteiger partial charge in [-0.2, -0.15) is 0 Å². The maximum absolute atomic E-state index is 6.19. The molecule has 2 aromatic rings. The summed E-state index contributed by atoms with van der Waals surface area (Å²) in [6.45, 7) is 5.48. The summed E-state index contributed by atoms with van der Waals surface area (Å²) in [7, 11) is 1.70. The molecular formula is C17H21ClN2OS2. The number of nitrogens with one attached hydrogen (secondary N) is 1. The van der Waals surface area contributed by atoms with Crippen molar-refractivity contribution < 1.29 is 4.74 Å². The third kappa shape index (κ3) is 4.67. The quantitative estimate of drug-likeness (QED) is 0.715. The second-order valence-corrected chi connectivity index (χ2v) is 6.99. The highest BCUT2D eigenvalue weighted by Gasteiger charge is 2.20. The van der Waals surface area contributed by atoms with Crippen molar-refractivity contribution in [1.29, 1.82) is 0 Å². The molecular weight excluding hydrogens is 348 g/mol. The van der Waals surface area contributed by atoms with Crippen molar-refractivity contribution in [3.63, 3.8) is 0 Å². The first-order valence-corrected chi connectivity index (χ1v) is 9.06. The standard InChI is InChI=1S/C17H21ClN2OS2/c1-12-14(18)6-4-7-15(12)19-17(22)20(9-10-21-3)13(2)16-8-5-11-23-16/h4-8,11,13H,9-10H2,1-3H3,(H,19,22). The third-order valence-corrected chi connectivity index (χ3v) is 5.52. The van der Waals surface area contributed by atoms with Gasteiger partial charge in [0.15, 0.2) is 5.11 Å². The first-order valence-electron chi connectivity index (χ1n) is 7.39. The lowest BCUT2D eigenvalue weighted by atomic mass is 10.2. The van der Waals surface area contributed by atoms with Gasteiger partial charge in [0.1, 0.15) is 0 Å². The van der Waals surface area contributed by atoms with Crippen LogP contribution in [0, 0.1) is 6.92 Å². The van der Waals surface area contributed by atoms with Crippen molar-refractivity contribution in [2.75, 3.05) is 25.6 Å². The predicted molar refractivity (Wildman–Crippen MR) is 104 cm³/mol. The Morgan fingerprint density at radius 1 is 1.39 bits per heavy atom. The minimum atomic E-state index is 0.185. The minimum absolute atomic E-state index is 0.185. The number of hydrogen-bond donors (Lipinski definition) is 1. The van der Waals surface area contributed by atoms with E-state index in [1.807, 2.05) is 25.1 Å². The molecule has 0 saturated carbocycles. The van der Waals surface area contributed by atoms with E-state index in [4.69, 9.17) is 28.6 Å². The van der Waals surface area contributed by atoms with E-state index in [1.54, 1.807) is 18.4 Å². The molecule has 1 atom stereocenters. The van der Waals surface area contributed by atoms with Crippen LogP contribution in [0.15, 0.2) is 35.7 Å². The van der Waals surface area contributed by atoms with Crippen LogP contribution in [-0.4, -0.2) is 30.3 Å². The van der Waals surface area contributed by atoms with Gasteiger partial charge in [-0.05, 0) is 55.2 Å².